The Bertz CT molecular complexity index is 487. The fraction of sp³-hybridized carbons (Fsp3) is 0.300. The van der Waals surface area contributed by atoms with Crippen LogP contribution in [-0.4, -0.2) is 19.4 Å². The van der Waals surface area contributed by atoms with Gasteiger partial charge in [0, 0.05) is 5.56 Å². The lowest BCUT2D eigenvalue weighted by Crippen LogP contribution is -2.27. The number of benzene rings is 1. The zero-order valence-corrected chi connectivity index (χ0v) is 10.8. The summed E-state index contributed by atoms with van der Waals surface area (Å²) in [6.07, 6.45) is -4.95. The molecule has 0 fully saturated rings. The van der Waals surface area contributed by atoms with E-state index in [1.165, 1.54) is 0 Å². The van der Waals surface area contributed by atoms with Crippen molar-refractivity contribution in [1.29, 1.82) is 0 Å². The number of esters is 1. The van der Waals surface area contributed by atoms with Crippen molar-refractivity contribution in [2.75, 3.05) is 7.11 Å². The number of carbonyl (C=O) groups is 1. The molecular formula is C10H6BrF5O3. The maximum Gasteiger partial charge on any atom is 0.573 e. The van der Waals surface area contributed by atoms with Gasteiger partial charge in [0.1, 0.15) is 5.75 Å². The van der Waals surface area contributed by atoms with Crippen LogP contribution in [0.15, 0.2) is 22.7 Å². The third-order valence-electron chi connectivity index (χ3n) is 1.96. The van der Waals surface area contributed by atoms with Gasteiger partial charge in [-0.1, -0.05) is 0 Å². The highest BCUT2D eigenvalue weighted by atomic mass is 79.9. The predicted octanol–water partition coefficient (Wildman–Crippen LogP) is 3.61. The molecule has 0 unspecified atom stereocenters. The average Bonchev–Trinajstić information content (AvgIpc) is 2.28. The molecule has 9 heteroatoms. The number of hydrogen-bond donors (Lipinski definition) is 0. The Balaban J connectivity index is 3.10. The van der Waals surface area contributed by atoms with Gasteiger partial charge >= 0.3 is 18.3 Å². The van der Waals surface area contributed by atoms with Gasteiger partial charge in [-0.2, -0.15) is 8.78 Å². The highest BCUT2D eigenvalue weighted by Crippen LogP contribution is 2.36. The quantitative estimate of drug-likeness (QED) is 0.618. The molecule has 106 valence electrons. The summed E-state index contributed by atoms with van der Waals surface area (Å²) in [6.45, 7) is 0. The van der Waals surface area contributed by atoms with Crippen molar-refractivity contribution in [1.82, 2.24) is 0 Å². The van der Waals surface area contributed by atoms with Gasteiger partial charge in [-0.25, -0.2) is 4.79 Å². The average molecular weight is 349 g/mol. The Morgan fingerprint density at radius 3 is 2.21 bits per heavy atom. The second-order valence-electron chi connectivity index (χ2n) is 3.26. The van der Waals surface area contributed by atoms with Crippen molar-refractivity contribution in [3.8, 4) is 5.75 Å². The molecule has 0 bridgehead atoms. The topological polar surface area (TPSA) is 35.5 Å². The smallest absolute Gasteiger partial charge is 0.464 e. The Morgan fingerprint density at radius 2 is 1.79 bits per heavy atom. The maximum atomic E-state index is 13.4. The molecule has 19 heavy (non-hydrogen) atoms. The number of rotatable bonds is 3. The van der Waals surface area contributed by atoms with Crippen LogP contribution in [0.3, 0.4) is 0 Å². The first-order valence-electron chi connectivity index (χ1n) is 4.60. The van der Waals surface area contributed by atoms with Crippen molar-refractivity contribution < 1.29 is 36.2 Å². The standard InChI is InChI=1S/C10H6BrF5O3/c1-18-8(17)9(12,13)5-2-3-7(6(11)4-5)19-10(14,15)16/h2-4H,1H3. The van der Waals surface area contributed by atoms with Crippen LogP contribution in [-0.2, 0) is 15.5 Å². The van der Waals surface area contributed by atoms with E-state index < -0.39 is 29.6 Å². The van der Waals surface area contributed by atoms with Crippen molar-refractivity contribution in [2.24, 2.45) is 0 Å². The van der Waals surface area contributed by atoms with Gasteiger partial charge in [0.2, 0.25) is 0 Å². The van der Waals surface area contributed by atoms with Gasteiger partial charge in [0.05, 0.1) is 11.6 Å². The highest BCUT2D eigenvalue weighted by molar-refractivity contribution is 9.10. The first-order chi connectivity index (χ1) is 8.58. The van der Waals surface area contributed by atoms with E-state index in [-0.39, 0.29) is 4.47 Å². The Morgan fingerprint density at radius 1 is 1.21 bits per heavy atom. The van der Waals surface area contributed by atoms with Crippen molar-refractivity contribution in [2.45, 2.75) is 12.3 Å². The SMILES string of the molecule is COC(=O)C(F)(F)c1ccc(OC(F)(F)F)c(Br)c1. The lowest BCUT2D eigenvalue weighted by Gasteiger charge is -2.16. The Labute approximate surface area is 112 Å². The Kier molecular flexibility index (Phi) is 4.39. The van der Waals surface area contributed by atoms with Crippen LogP contribution in [0.5, 0.6) is 5.75 Å². The minimum absolute atomic E-state index is 0.370. The molecule has 1 aromatic rings. The third-order valence-corrected chi connectivity index (χ3v) is 2.58. The second-order valence-corrected chi connectivity index (χ2v) is 4.11. The number of halogens is 6. The van der Waals surface area contributed by atoms with E-state index in [4.69, 9.17) is 0 Å². The summed E-state index contributed by atoms with van der Waals surface area (Å²) in [5, 5.41) is 0. The lowest BCUT2D eigenvalue weighted by molar-refractivity contribution is -0.274. The predicted molar refractivity (Wildman–Crippen MR) is 56.7 cm³/mol. The summed E-state index contributed by atoms with van der Waals surface area (Å²) in [5.41, 5.74) is -0.819. The minimum Gasteiger partial charge on any atom is -0.464 e. The van der Waals surface area contributed by atoms with Crippen LogP contribution < -0.4 is 4.74 Å². The molecular weight excluding hydrogens is 343 g/mol. The normalized spacial score (nSPS) is 12.2. The maximum absolute atomic E-state index is 13.4. The summed E-state index contributed by atoms with van der Waals surface area (Å²) in [7, 11) is 0.770. The van der Waals surface area contributed by atoms with E-state index in [0.717, 1.165) is 7.11 Å². The molecule has 0 aliphatic rings. The lowest BCUT2D eigenvalue weighted by atomic mass is 10.1. The molecule has 0 radical (unpaired) electrons. The van der Waals surface area contributed by atoms with Crippen molar-refractivity contribution >= 4 is 21.9 Å². The van der Waals surface area contributed by atoms with E-state index in [1.54, 1.807) is 0 Å². The first kappa shape index (κ1) is 15.7. The largest absolute Gasteiger partial charge is 0.573 e. The van der Waals surface area contributed by atoms with Gasteiger partial charge in [0.15, 0.2) is 0 Å². The number of carbonyl (C=O) groups excluding carboxylic acids is 1. The summed E-state index contributed by atoms with van der Waals surface area (Å²) in [5.74, 6) is -6.48. The Hall–Kier alpha value is -1.38. The number of alkyl halides is 5. The minimum atomic E-state index is -4.95. The molecule has 0 N–H and O–H groups in total. The summed E-state index contributed by atoms with van der Waals surface area (Å²) >= 11 is 2.65. The molecule has 0 aliphatic carbocycles. The van der Waals surface area contributed by atoms with Gasteiger partial charge < -0.3 is 9.47 Å². The van der Waals surface area contributed by atoms with Gasteiger partial charge in [-0.3, -0.25) is 0 Å². The van der Waals surface area contributed by atoms with Crippen molar-refractivity contribution in [3.63, 3.8) is 0 Å². The van der Waals surface area contributed by atoms with Crippen LogP contribution in [0.2, 0.25) is 0 Å². The third kappa shape index (κ3) is 3.79. The fourth-order valence-corrected chi connectivity index (χ4v) is 1.61. The van der Waals surface area contributed by atoms with Gasteiger partial charge in [-0.15, -0.1) is 13.2 Å². The number of hydrogen-bond acceptors (Lipinski definition) is 3. The van der Waals surface area contributed by atoms with Crippen molar-refractivity contribution in [3.05, 3.63) is 28.2 Å². The second kappa shape index (κ2) is 5.32. The molecule has 0 amide bonds. The molecule has 1 aromatic carbocycles. The van der Waals surface area contributed by atoms with Crippen LogP contribution in [0, 0.1) is 0 Å². The zero-order valence-electron chi connectivity index (χ0n) is 9.22. The van der Waals surface area contributed by atoms with Gasteiger partial charge in [0.25, 0.3) is 0 Å². The number of ether oxygens (including phenoxy) is 2. The first-order valence-corrected chi connectivity index (χ1v) is 5.39. The van der Waals surface area contributed by atoms with Crippen LogP contribution in [0.4, 0.5) is 22.0 Å². The van der Waals surface area contributed by atoms with E-state index in [0.29, 0.717) is 18.2 Å². The molecule has 0 spiro atoms. The summed E-state index contributed by atoms with van der Waals surface area (Å²) in [6, 6.07) is 1.96. The van der Waals surface area contributed by atoms with E-state index in [9.17, 15) is 26.7 Å². The zero-order chi connectivity index (χ0) is 14.8. The summed E-state index contributed by atoms with van der Waals surface area (Å²) < 4.78 is 69.9. The van der Waals surface area contributed by atoms with Crippen LogP contribution in [0.25, 0.3) is 0 Å². The number of methoxy groups -OCH3 is 1. The highest BCUT2D eigenvalue weighted by Gasteiger charge is 2.43. The van der Waals surface area contributed by atoms with E-state index in [1.807, 2.05) is 0 Å². The van der Waals surface area contributed by atoms with E-state index >= 15 is 0 Å². The monoisotopic (exact) mass is 348 g/mol. The van der Waals surface area contributed by atoms with E-state index in [2.05, 4.69) is 25.4 Å². The molecule has 0 aliphatic heterocycles. The molecule has 3 nitrogen and oxygen atoms in total. The molecule has 0 aromatic heterocycles. The molecule has 1 rings (SSSR count). The van der Waals surface area contributed by atoms with Gasteiger partial charge in [-0.05, 0) is 34.1 Å². The molecule has 0 saturated carbocycles. The fourth-order valence-electron chi connectivity index (χ4n) is 1.15. The molecule has 0 saturated heterocycles. The molecule has 0 atom stereocenters. The van der Waals surface area contributed by atoms with Crippen LogP contribution in [0.1, 0.15) is 5.56 Å². The van der Waals surface area contributed by atoms with Crippen LogP contribution >= 0.6 is 15.9 Å². The molecule has 0 heterocycles. The summed E-state index contributed by atoms with van der Waals surface area (Å²) in [4.78, 5) is 10.9.